The topological polar surface area (TPSA) is 51.3 Å². The van der Waals surface area contributed by atoms with Crippen LogP contribution >= 0.6 is 0 Å². The van der Waals surface area contributed by atoms with Crippen LogP contribution in [0, 0.1) is 17.3 Å². The molecular formula is C19H27N3O2. The zero-order chi connectivity index (χ0) is 17.3. The summed E-state index contributed by atoms with van der Waals surface area (Å²) in [7, 11) is 1.99. The average Bonchev–Trinajstić information content (AvgIpc) is 3.14. The summed E-state index contributed by atoms with van der Waals surface area (Å²) in [5.74, 6) is 1.41. The lowest BCUT2D eigenvalue weighted by atomic mass is 9.73. The molecule has 24 heavy (non-hydrogen) atoms. The summed E-state index contributed by atoms with van der Waals surface area (Å²) in [5.41, 5.74) is 2.15. The maximum atomic E-state index is 11.4. The monoisotopic (exact) mass is 329 g/mol. The number of likely N-dealkylation sites (tertiary alicyclic amines) is 1. The number of aryl methyl sites for hydroxylation is 1. The van der Waals surface area contributed by atoms with Gasteiger partial charge in [0.2, 0.25) is 0 Å². The molecular weight excluding hydrogens is 302 g/mol. The lowest BCUT2D eigenvalue weighted by Gasteiger charge is -2.41. The number of aromatic nitrogens is 2. The molecule has 1 aliphatic rings. The molecule has 0 amide bonds. The minimum Gasteiger partial charge on any atom is -0.354 e. The van der Waals surface area contributed by atoms with E-state index in [9.17, 15) is 4.79 Å². The van der Waals surface area contributed by atoms with Gasteiger partial charge in [-0.2, -0.15) is 0 Å². The molecule has 0 N–H and O–H groups in total. The number of hydrogen-bond acceptors (Lipinski definition) is 4. The Morgan fingerprint density at radius 1 is 1.38 bits per heavy atom. The zero-order valence-electron chi connectivity index (χ0n) is 15.0. The van der Waals surface area contributed by atoms with Gasteiger partial charge in [-0.05, 0) is 29.9 Å². The summed E-state index contributed by atoms with van der Waals surface area (Å²) in [4.78, 5) is 13.7. The Hall–Kier alpha value is -1.88. The third kappa shape index (κ3) is 3.61. The van der Waals surface area contributed by atoms with Gasteiger partial charge in [0.25, 0.3) is 0 Å². The van der Waals surface area contributed by atoms with E-state index >= 15 is 0 Å². The maximum absolute atomic E-state index is 11.4. The van der Waals surface area contributed by atoms with Gasteiger partial charge in [-0.1, -0.05) is 25.9 Å². The van der Waals surface area contributed by atoms with Gasteiger partial charge in [0.15, 0.2) is 5.76 Å². The molecule has 5 heteroatoms. The van der Waals surface area contributed by atoms with Gasteiger partial charge < -0.3 is 13.9 Å². The van der Waals surface area contributed by atoms with Crippen LogP contribution in [0.4, 0.5) is 0 Å². The minimum atomic E-state index is 0.113. The van der Waals surface area contributed by atoms with Crippen LogP contribution < -0.4 is 0 Å². The van der Waals surface area contributed by atoms with Crippen LogP contribution in [-0.2, 0) is 18.4 Å². The molecule has 2 aromatic heterocycles. The quantitative estimate of drug-likeness (QED) is 0.807. The number of aldehydes is 1. The molecule has 1 fully saturated rings. The van der Waals surface area contributed by atoms with Gasteiger partial charge in [-0.25, -0.2) is 0 Å². The molecule has 1 saturated heterocycles. The normalized spacial score (nSPS) is 22.7. The minimum absolute atomic E-state index is 0.113. The molecule has 0 aliphatic carbocycles. The summed E-state index contributed by atoms with van der Waals surface area (Å²) < 4.78 is 7.53. The highest BCUT2D eigenvalue weighted by Gasteiger charge is 2.34. The Balaban J connectivity index is 1.72. The van der Waals surface area contributed by atoms with Gasteiger partial charge in [-0.3, -0.25) is 4.90 Å². The average molecular weight is 329 g/mol. The predicted molar refractivity (Wildman–Crippen MR) is 93.3 cm³/mol. The van der Waals surface area contributed by atoms with Crippen molar-refractivity contribution in [1.82, 2.24) is 14.6 Å². The molecule has 0 radical (unpaired) electrons. The summed E-state index contributed by atoms with van der Waals surface area (Å²) in [6.45, 7) is 9.30. The summed E-state index contributed by atoms with van der Waals surface area (Å²) in [6.07, 6.45) is 4.09. The van der Waals surface area contributed by atoms with Gasteiger partial charge in [-0.15, -0.1) is 0 Å². The molecule has 2 unspecified atom stereocenters. The third-order valence-electron chi connectivity index (χ3n) is 5.12. The highest BCUT2D eigenvalue weighted by atomic mass is 16.5. The molecule has 3 heterocycles. The number of piperidine rings is 1. The first kappa shape index (κ1) is 17.0. The second-order valence-corrected chi connectivity index (χ2v) is 8.08. The van der Waals surface area contributed by atoms with Crippen LogP contribution in [0.25, 0.3) is 11.5 Å². The molecule has 5 nitrogen and oxygen atoms in total. The van der Waals surface area contributed by atoms with Crippen molar-refractivity contribution in [2.24, 2.45) is 24.3 Å². The fraction of sp³-hybridized carbons (Fsp3) is 0.579. The van der Waals surface area contributed by atoms with Crippen molar-refractivity contribution in [3.05, 3.63) is 30.1 Å². The number of hydrogen-bond donors (Lipinski definition) is 0. The Labute approximate surface area is 143 Å². The van der Waals surface area contributed by atoms with Crippen molar-refractivity contribution in [3.63, 3.8) is 0 Å². The standard InChI is InChI=1S/C19H27N3O2/c1-19(2,3)15-8-14(13-23)10-22(11-15)12-16-9-18(24-20-16)17-6-5-7-21(17)4/h5-7,9,13-15H,8,10-12H2,1-4H3. The fourth-order valence-electron chi connectivity index (χ4n) is 3.54. The molecule has 2 atom stereocenters. The van der Waals surface area contributed by atoms with Crippen LogP contribution in [0.3, 0.4) is 0 Å². The van der Waals surface area contributed by atoms with E-state index in [0.717, 1.165) is 49.5 Å². The Kier molecular flexibility index (Phi) is 4.63. The first-order valence-corrected chi connectivity index (χ1v) is 8.61. The SMILES string of the molecule is Cn1cccc1-c1cc(CN2CC(C=O)CC(C(C)(C)C)C2)no1. The summed E-state index contributed by atoms with van der Waals surface area (Å²) in [5, 5.41) is 4.23. The molecule has 3 rings (SSSR count). The van der Waals surface area contributed by atoms with Crippen molar-refractivity contribution >= 4 is 6.29 Å². The molecule has 1 aliphatic heterocycles. The van der Waals surface area contributed by atoms with Crippen molar-refractivity contribution in [2.45, 2.75) is 33.7 Å². The lowest BCUT2D eigenvalue weighted by molar-refractivity contribution is -0.114. The van der Waals surface area contributed by atoms with Gasteiger partial charge in [0.1, 0.15) is 6.29 Å². The molecule has 0 bridgehead atoms. The lowest BCUT2D eigenvalue weighted by Crippen LogP contribution is -2.44. The van der Waals surface area contributed by atoms with Gasteiger partial charge in [0.05, 0.1) is 11.4 Å². The Morgan fingerprint density at radius 2 is 2.17 bits per heavy atom. The number of nitrogens with zero attached hydrogens (tertiary/aromatic N) is 3. The largest absolute Gasteiger partial charge is 0.354 e. The van der Waals surface area contributed by atoms with E-state index in [0.29, 0.717) is 5.92 Å². The smallest absolute Gasteiger partial charge is 0.183 e. The first-order valence-electron chi connectivity index (χ1n) is 8.61. The molecule has 2 aromatic rings. The van der Waals surface area contributed by atoms with Crippen LogP contribution in [0.1, 0.15) is 32.9 Å². The zero-order valence-corrected chi connectivity index (χ0v) is 15.0. The number of rotatable bonds is 4. The van der Waals surface area contributed by atoms with Crippen LogP contribution in [-0.4, -0.2) is 34.0 Å². The van der Waals surface area contributed by atoms with E-state index < -0.39 is 0 Å². The Morgan fingerprint density at radius 3 is 2.79 bits per heavy atom. The van der Waals surface area contributed by atoms with Crippen molar-refractivity contribution in [2.75, 3.05) is 13.1 Å². The summed E-state index contributed by atoms with van der Waals surface area (Å²) in [6, 6.07) is 6.01. The number of carbonyl (C=O) groups excluding carboxylic acids is 1. The van der Waals surface area contributed by atoms with E-state index in [4.69, 9.17) is 4.52 Å². The molecule has 0 saturated carbocycles. The second-order valence-electron chi connectivity index (χ2n) is 8.08. The van der Waals surface area contributed by atoms with E-state index in [-0.39, 0.29) is 11.3 Å². The van der Waals surface area contributed by atoms with Crippen LogP contribution in [0.2, 0.25) is 0 Å². The van der Waals surface area contributed by atoms with E-state index in [2.05, 4.69) is 30.8 Å². The van der Waals surface area contributed by atoms with E-state index in [1.807, 2.05) is 36.0 Å². The van der Waals surface area contributed by atoms with Gasteiger partial charge in [0, 0.05) is 44.9 Å². The predicted octanol–water partition coefficient (Wildman–Crippen LogP) is 3.36. The highest BCUT2D eigenvalue weighted by molar-refractivity contribution is 5.54. The van der Waals surface area contributed by atoms with Crippen molar-refractivity contribution in [3.8, 4) is 11.5 Å². The third-order valence-corrected chi connectivity index (χ3v) is 5.12. The fourth-order valence-corrected chi connectivity index (χ4v) is 3.54. The Bertz CT molecular complexity index is 696. The summed E-state index contributed by atoms with van der Waals surface area (Å²) >= 11 is 0. The van der Waals surface area contributed by atoms with Crippen LogP contribution in [0.15, 0.2) is 28.9 Å². The molecule has 130 valence electrons. The van der Waals surface area contributed by atoms with E-state index in [1.165, 1.54) is 0 Å². The van der Waals surface area contributed by atoms with E-state index in [1.54, 1.807) is 0 Å². The van der Waals surface area contributed by atoms with Crippen molar-refractivity contribution in [1.29, 1.82) is 0 Å². The van der Waals surface area contributed by atoms with Crippen molar-refractivity contribution < 1.29 is 9.32 Å². The second kappa shape index (κ2) is 6.55. The maximum Gasteiger partial charge on any atom is 0.183 e. The molecule has 0 aromatic carbocycles. The number of carbonyl (C=O) groups is 1. The van der Waals surface area contributed by atoms with Gasteiger partial charge >= 0.3 is 0 Å². The highest BCUT2D eigenvalue weighted by Crippen LogP contribution is 2.35. The first-order chi connectivity index (χ1) is 11.4. The molecule has 0 spiro atoms. The van der Waals surface area contributed by atoms with Crippen LogP contribution in [0.5, 0.6) is 0 Å².